The molecular weight excluding hydrogens is 474 g/mol. The summed E-state index contributed by atoms with van der Waals surface area (Å²) in [5.74, 6) is -0.830. The van der Waals surface area contributed by atoms with Crippen LogP contribution in [0.1, 0.15) is 42.0 Å². The van der Waals surface area contributed by atoms with E-state index in [1.807, 2.05) is 0 Å². The SMILES string of the molecule is COc1cc2c3c(c1OC)CCC3N(CCCCNS(=O)(=O)c1cc(F)c(F)cc1Cl)CC2. The van der Waals surface area contributed by atoms with Gasteiger partial charge in [-0.2, -0.15) is 0 Å². The van der Waals surface area contributed by atoms with Crippen molar-refractivity contribution in [3.63, 3.8) is 0 Å². The first-order chi connectivity index (χ1) is 15.8. The number of ether oxygens (including phenoxy) is 2. The van der Waals surface area contributed by atoms with Crippen molar-refractivity contribution >= 4 is 21.6 Å². The van der Waals surface area contributed by atoms with Gasteiger partial charge in [-0.05, 0) is 68.0 Å². The van der Waals surface area contributed by atoms with E-state index in [1.165, 1.54) is 16.7 Å². The van der Waals surface area contributed by atoms with Crippen molar-refractivity contribution in [2.75, 3.05) is 33.9 Å². The van der Waals surface area contributed by atoms with E-state index in [4.69, 9.17) is 21.1 Å². The van der Waals surface area contributed by atoms with Gasteiger partial charge in [0, 0.05) is 24.7 Å². The molecule has 1 atom stereocenters. The number of hydrogen-bond donors (Lipinski definition) is 1. The highest BCUT2D eigenvalue weighted by Gasteiger charge is 2.36. The summed E-state index contributed by atoms with van der Waals surface area (Å²) in [6.45, 7) is 1.96. The lowest BCUT2D eigenvalue weighted by Gasteiger charge is -2.35. The molecule has 0 saturated heterocycles. The van der Waals surface area contributed by atoms with Gasteiger partial charge in [-0.15, -0.1) is 0 Å². The Bertz CT molecular complexity index is 1160. The fraction of sp³-hybridized carbons (Fsp3) is 0.478. The van der Waals surface area contributed by atoms with Gasteiger partial charge in [0.15, 0.2) is 23.1 Å². The number of halogens is 3. The third-order valence-electron chi connectivity index (χ3n) is 6.44. The van der Waals surface area contributed by atoms with Gasteiger partial charge in [0.25, 0.3) is 0 Å². The smallest absolute Gasteiger partial charge is 0.242 e. The first-order valence-corrected chi connectivity index (χ1v) is 12.8. The van der Waals surface area contributed by atoms with Crippen LogP contribution in [0.4, 0.5) is 8.78 Å². The van der Waals surface area contributed by atoms with Crippen molar-refractivity contribution in [3.8, 4) is 11.5 Å². The number of hydrogen-bond acceptors (Lipinski definition) is 5. The zero-order valence-electron chi connectivity index (χ0n) is 18.6. The molecule has 2 aromatic rings. The lowest BCUT2D eigenvalue weighted by molar-refractivity contribution is 0.182. The highest BCUT2D eigenvalue weighted by atomic mass is 35.5. The minimum absolute atomic E-state index is 0.184. The zero-order chi connectivity index (χ0) is 23.8. The van der Waals surface area contributed by atoms with Gasteiger partial charge >= 0.3 is 0 Å². The van der Waals surface area contributed by atoms with E-state index in [0.717, 1.165) is 50.3 Å². The van der Waals surface area contributed by atoms with Crippen LogP contribution in [0.3, 0.4) is 0 Å². The first-order valence-electron chi connectivity index (χ1n) is 10.9. The Labute approximate surface area is 197 Å². The van der Waals surface area contributed by atoms with E-state index in [0.29, 0.717) is 24.6 Å². The number of nitrogens with zero attached hydrogens (tertiary/aromatic N) is 1. The molecule has 33 heavy (non-hydrogen) atoms. The second kappa shape index (κ2) is 9.74. The van der Waals surface area contributed by atoms with Crippen molar-refractivity contribution in [1.29, 1.82) is 0 Å². The van der Waals surface area contributed by atoms with Crippen molar-refractivity contribution in [1.82, 2.24) is 9.62 Å². The highest BCUT2D eigenvalue weighted by Crippen LogP contribution is 2.48. The van der Waals surface area contributed by atoms with Gasteiger partial charge in [0.2, 0.25) is 10.0 Å². The minimum atomic E-state index is -4.02. The summed E-state index contributed by atoms with van der Waals surface area (Å²) in [7, 11) is -0.695. The molecule has 10 heteroatoms. The maximum absolute atomic E-state index is 13.5. The van der Waals surface area contributed by atoms with Crippen LogP contribution < -0.4 is 14.2 Å². The molecule has 1 aliphatic carbocycles. The van der Waals surface area contributed by atoms with Crippen molar-refractivity contribution in [2.45, 2.75) is 43.0 Å². The zero-order valence-corrected chi connectivity index (χ0v) is 20.2. The molecule has 2 aromatic carbocycles. The van der Waals surface area contributed by atoms with Crippen LogP contribution in [0, 0.1) is 11.6 Å². The van der Waals surface area contributed by atoms with Gasteiger partial charge in [-0.1, -0.05) is 11.6 Å². The number of methoxy groups -OCH3 is 2. The summed E-state index contributed by atoms with van der Waals surface area (Å²) < 4.78 is 65.1. The Morgan fingerprint density at radius 1 is 1.12 bits per heavy atom. The van der Waals surface area contributed by atoms with Crippen LogP contribution in [0.5, 0.6) is 11.5 Å². The summed E-state index contributed by atoms with van der Waals surface area (Å²) >= 11 is 5.80. The number of unbranched alkanes of at least 4 members (excludes halogenated alkanes) is 1. The number of rotatable bonds is 9. The predicted molar refractivity (Wildman–Crippen MR) is 122 cm³/mol. The Morgan fingerprint density at radius 2 is 1.88 bits per heavy atom. The quantitative estimate of drug-likeness (QED) is 0.412. The van der Waals surface area contributed by atoms with E-state index < -0.39 is 26.6 Å². The standard InChI is InChI=1S/C23H27ClF2N2O4S/c1-31-20-11-14-7-10-28(19-6-5-15(22(14)19)23(20)32-2)9-4-3-8-27-33(29,30)21-13-18(26)17(25)12-16(21)24/h11-13,19,27H,3-10H2,1-2H3. The molecule has 2 aliphatic rings. The molecule has 1 aliphatic heterocycles. The van der Waals surface area contributed by atoms with Gasteiger partial charge in [0.05, 0.1) is 19.2 Å². The summed E-state index contributed by atoms with van der Waals surface area (Å²) in [5.41, 5.74) is 3.91. The van der Waals surface area contributed by atoms with Crippen molar-refractivity contribution < 1.29 is 26.7 Å². The maximum atomic E-state index is 13.5. The molecule has 1 heterocycles. The molecule has 0 spiro atoms. The molecule has 4 rings (SSSR count). The Morgan fingerprint density at radius 3 is 2.61 bits per heavy atom. The summed E-state index contributed by atoms with van der Waals surface area (Å²) in [6.07, 6.45) is 4.30. The molecule has 6 nitrogen and oxygen atoms in total. The molecule has 0 saturated carbocycles. The van der Waals surface area contributed by atoms with Gasteiger partial charge < -0.3 is 9.47 Å². The maximum Gasteiger partial charge on any atom is 0.242 e. The summed E-state index contributed by atoms with van der Waals surface area (Å²) in [5, 5.41) is -0.350. The molecule has 0 fully saturated rings. The number of nitrogens with one attached hydrogen (secondary N) is 1. The number of sulfonamides is 1. The second-order valence-corrected chi connectivity index (χ2v) is 10.4. The van der Waals surface area contributed by atoms with Crippen LogP contribution in [0.2, 0.25) is 5.02 Å². The lowest BCUT2D eigenvalue weighted by atomic mass is 9.92. The molecule has 1 unspecified atom stereocenters. The second-order valence-electron chi connectivity index (χ2n) is 8.31. The third kappa shape index (κ3) is 4.69. The molecule has 0 aromatic heterocycles. The topological polar surface area (TPSA) is 67.9 Å². The van der Waals surface area contributed by atoms with E-state index in [-0.39, 0.29) is 11.6 Å². The van der Waals surface area contributed by atoms with Crippen LogP contribution in [-0.2, 0) is 22.9 Å². The first kappa shape index (κ1) is 24.2. The fourth-order valence-electron chi connectivity index (χ4n) is 4.92. The molecule has 1 N–H and O–H groups in total. The highest BCUT2D eigenvalue weighted by molar-refractivity contribution is 7.89. The lowest BCUT2D eigenvalue weighted by Crippen LogP contribution is -2.35. The van der Waals surface area contributed by atoms with Gasteiger partial charge in [-0.25, -0.2) is 21.9 Å². The average molecular weight is 501 g/mol. The minimum Gasteiger partial charge on any atom is -0.493 e. The average Bonchev–Trinajstić information content (AvgIpc) is 3.23. The van der Waals surface area contributed by atoms with Crippen LogP contribution in [-0.4, -0.2) is 47.2 Å². The van der Waals surface area contributed by atoms with Gasteiger partial charge in [0.1, 0.15) is 4.90 Å². The Hall–Kier alpha value is -1.94. The molecular formula is C23H27ClF2N2O4S. The Kier molecular flexibility index (Phi) is 7.14. The molecule has 0 radical (unpaired) electrons. The van der Waals surface area contributed by atoms with Crippen LogP contribution in [0.15, 0.2) is 23.1 Å². The van der Waals surface area contributed by atoms with Gasteiger partial charge in [-0.3, -0.25) is 4.90 Å². The molecule has 0 amide bonds. The number of benzene rings is 2. The van der Waals surface area contributed by atoms with Crippen molar-refractivity contribution in [3.05, 3.63) is 51.5 Å². The predicted octanol–water partition coefficient (Wildman–Crippen LogP) is 4.24. The largest absolute Gasteiger partial charge is 0.493 e. The summed E-state index contributed by atoms with van der Waals surface area (Å²) in [6, 6.07) is 3.69. The normalized spacial score (nSPS) is 17.8. The molecule has 0 bridgehead atoms. The van der Waals surface area contributed by atoms with Crippen molar-refractivity contribution in [2.24, 2.45) is 0 Å². The Balaban J connectivity index is 1.34. The van der Waals surface area contributed by atoms with E-state index in [1.54, 1.807) is 14.2 Å². The molecule has 180 valence electrons. The van der Waals surface area contributed by atoms with Crippen LogP contribution >= 0.6 is 11.6 Å². The van der Waals surface area contributed by atoms with E-state index in [9.17, 15) is 17.2 Å². The van der Waals surface area contributed by atoms with E-state index >= 15 is 0 Å². The van der Waals surface area contributed by atoms with Crippen LogP contribution in [0.25, 0.3) is 0 Å². The monoisotopic (exact) mass is 500 g/mol. The van der Waals surface area contributed by atoms with E-state index in [2.05, 4.69) is 15.7 Å². The fourth-order valence-corrected chi connectivity index (χ4v) is 6.52. The third-order valence-corrected chi connectivity index (χ3v) is 8.36. The summed E-state index contributed by atoms with van der Waals surface area (Å²) in [4.78, 5) is 1.99.